The number of hydrogen-bond acceptors (Lipinski definition) is 4. The first-order chi connectivity index (χ1) is 27.2. The number of nitrogens with zero attached hydrogens (tertiary/aromatic N) is 3. The third kappa shape index (κ3) is 5.34. The van der Waals surface area contributed by atoms with Crippen molar-refractivity contribution in [2.75, 3.05) is 0 Å². The summed E-state index contributed by atoms with van der Waals surface area (Å²) in [4.78, 5) is 15.7. The molecule has 0 aliphatic carbocycles. The molecule has 9 aromatic carbocycles. The minimum absolute atomic E-state index is 0.598. The van der Waals surface area contributed by atoms with E-state index in [-0.39, 0.29) is 0 Å². The van der Waals surface area contributed by atoms with Gasteiger partial charge in [0.05, 0.1) is 0 Å². The fourth-order valence-electron chi connectivity index (χ4n) is 7.97. The molecule has 11 rings (SSSR count). The van der Waals surface area contributed by atoms with Gasteiger partial charge in [0, 0.05) is 33.0 Å². The highest BCUT2D eigenvalue weighted by atomic mass is 16.3. The minimum Gasteiger partial charge on any atom is -0.455 e. The van der Waals surface area contributed by atoms with Crippen LogP contribution in [-0.4, -0.2) is 15.0 Å². The standard InChI is InChI=1S/C51H31N3O/c1-3-14-33(15-4-1)42-28-36-19-9-10-20-37(36)29-45(42)51-53-49(39-24-23-32-13-7-8-18-35(32)27-39)52-50(54-51)40-25-26-46-43(31-40)44-30-38-21-11-12-22-41(38)47(48(44)55-46)34-16-5-2-6-17-34/h1-31H. The molecule has 11 aromatic rings. The number of aromatic nitrogens is 3. The molecule has 0 atom stereocenters. The molecule has 2 aromatic heterocycles. The second-order valence-corrected chi connectivity index (χ2v) is 14.0. The van der Waals surface area contributed by atoms with Gasteiger partial charge in [0.1, 0.15) is 11.2 Å². The lowest BCUT2D eigenvalue weighted by Gasteiger charge is -2.14. The largest absolute Gasteiger partial charge is 0.455 e. The van der Waals surface area contributed by atoms with E-state index in [4.69, 9.17) is 19.4 Å². The van der Waals surface area contributed by atoms with Crippen LogP contribution in [0.3, 0.4) is 0 Å². The van der Waals surface area contributed by atoms with Crippen LogP contribution in [0.15, 0.2) is 192 Å². The van der Waals surface area contributed by atoms with E-state index in [0.29, 0.717) is 17.5 Å². The van der Waals surface area contributed by atoms with Crippen LogP contribution < -0.4 is 0 Å². The lowest BCUT2D eigenvalue weighted by Crippen LogP contribution is -2.01. The first kappa shape index (κ1) is 31.1. The van der Waals surface area contributed by atoms with Crippen molar-refractivity contribution in [1.29, 1.82) is 0 Å². The Morgan fingerprint density at radius 3 is 1.58 bits per heavy atom. The van der Waals surface area contributed by atoms with Gasteiger partial charge in [-0.25, -0.2) is 15.0 Å². The summed E-state index contributed by atoms with van der Waals surface area (Å²) in [6.07, 6.45) is 0. The molecule has 2 heterocycles. The lowest BCUT2D eigenvalue weighted by molar-refractivity contribution is 0.670. The van der Waals surface area contributed by atoms with Gasteiger partial charge in [-0.1, -0.05) is 146 Å². The Balaban J connectivity index is 1.17. The van der Waals surface area contributed by atoms with Gasteiger partial charge in [-0.2, -0.15) is 0 Å². The molecule has 0 saturated carbocycles. The Kier molecular flexibility index (Phi) is 7.14. The highest BCUT2D eigenvalue weighted by Crippen LogP contribution is 2.42. The van der Waals surface area contributed by atoms with E-state index in [1.165, 1.54) is 5.39 Å². The van der Waals surface area contributed by atoms with Crippen molar-refractivity contribution >= 4 is 54.3 Å². The molecule has 55 heavy (non-hydrogen) atoms. The average molecular weight is 702 g/mol. The van der Waals surface area contributed by atoms with Gasteiger partial charge in [0.15, 0.2) is 17.5 Å². The van der Waals surface area contributed by atoms with Gasteiger partial charge in [-0.15, -0.1) is 0 Å². The first-order valence-corrected chi connectivity index (χ1v) is 18.5. The molecule has 256 valence electrons. The maximum Gasteiger partial charge on any atom is 0.164 e. The molecular weight excluding hydrogens is 671 g/mol. The maximum atomic E-state index is 6.72. The Labute approximate surface area is 317 Å². The summed E-state index contributed by atoms with van der Waals surface area (Å²) in [5, 5.41) is 8.97. The van der Waals surface area contributed by atoms with Gasteiger partial charge in [0.2, 0.25) is 0 Å². The zero-order valence-corrected chi connectivity index (χ0v) is 29.6. The Hall–Kier alpha value is -7.43. The van der Waals surface area contributed by atoms with E-state index in [2.05, 4.69) is 176 Å². The molecule has 0 fully saturated rings. The number of fused-ring (bicyclic) bond motifs is 6. The molecule has 0 saturated heterocycles. The second kappa shape index (κ2) is 12.6. The van der Waals surface area contributed by atoms with Crippen molar-refractivity contribution < 1.29 is 4.42 Å². The Morgan fingerprint density at radius 2 is 0.855 bits per heavy atom. The van der Waals surface area contributed by atoms with E-state index in [9.17, 15) is 0 Å². The highest BCUT2D eigenvalue weighted by molar-refractivity contribution is 6.18. The Morgan fingerprint density at radius 1 is 0.309 bits per heavy atom. The van der Waals surface area contributed by atoms with Crippen molar-refractivity contribution in [2.45, 2.75) is 0 Å². The molecule has 4 nitrogen and oxygen atoms in total. The zero-order chi connectivity index (χ0) is 36.3. The van der Waals surface area contributed by atoms with Crippen molar-refractivity contribution in [3.63, 3.8) is 0 Å². The number of hydrogen-bond donors (Lipinski definition) is 0. The van der Waals surface area contributed by atoms with Crippen LogP contribution in [0.1, 0.15) is 0 Å². The van der Waals surface area contributed by atoms with Gasteiger partial charge in [0.25, 0.3) is 0 Å². The van der Waals surface area contributed by atoms with Crippen LogP contribution >= 0.6 is 0 Å². The van der Waals surface area contributed by atoms with Gasteiger partial charge in [-0.05, 0) is 91.5 Å². The SMILES string of the molecule is c1ccc(-c2cc3ccccc3cc2-c2nc(-c3ccc4ccccc4c3)nc(-c3ccc4oc5c(-c6ccccc6)c6ccccc6cc5c4c3)n2)cc1. The summed E-state index contributed by atoms with van der Waals surface area (Å²) >= 11 is 0. The predicted molar refractivity (Wildman–Crippen MR) is 227 cm³/mol. The maximum absolute atomic E-state index is 6.72. The second-order valence-electron chi connectivity index (χ2n) is 14.0. The van der Waals surface area contributed by atoms with Gasteiger partial charge < -0.3 is 4.42 Å². The van der Waals surface area contributed by atoms with Gasteiger partial charge >= 0.3 is 0 Å². The topological polar surface area (TPSA) is 51.8 Å². The van der Waals surface area contributed by atoms with Crippen molar-refractivity contribution in [1.82, 2.24) is 15.0 Å². The fourth-order valence-corrected chi connectivity index (χ4v) is 7.97. The molecule has 0 radical (unpaired) electrons. The highest BCUT2D eigenvalue weighted by Gasteiger charge is 2.20. The monoisotopic (exact) mass is 701 g/mol. The van der Waals surface area contributed by atoms with Crippen molar-refractivity contribution in [3.8, 4) is 56.4 Å². The van der Waals surface area contributed by atoms with Crippen molar-refractivity contribution in [2.24, 2.45) is 0 Å². The molecule has 0 aliphatic rings. The van der Waals surface area contributed by atoms with Crippen LogP contribution in [0.5, 0.6) is 0 Å². The summed E-state index contributed by atoms with van der Waals surface area (Å²) in [5.74, 6) is 1.83. The third-order valence-electron chi connectivity index (χ3n) is 10.7. The van der Waals surface area contributed by atoms with E-state index < -0.39 is 0 Å². The lowest BCUT2D eigenvalue weighted by atomic mass is 9.95. The Bertz CT molecular complexity index is 3260. The minimum atomic E-state index is 0.598. The third-order valence-corrected chi connectivity index (χ3v) is 10.7. The molecule has 0 spiro atoms. The van der Waals surface area contributed by atoms with E-state index in [1.54, 1.807) is 0 Å². The molecule has 0 amide bonds. The quantitative estimate of drug-likeness (QED) is 0.179. The van der Waals surface area contributed by atoms with Crippen LogP contribution in [0.25, 0.3) is 111 Å². The first-order valence-electron chi connectivity index (χ1n) is 18.5. The van der Waals surface area contributed by atoms with E-state index in [0.717, 1.165) is 87.8 Å². The van der Waals surface area contributed by atoms with Gasteiger partial charge in [-0.3, -0.25) is 0 Å². The van der Waals surface area contributed by atoms with Crippen LogP contribution in [0, 0.1) is 0 Å². The number of benzene rings is 9. The van der Waals surface area contributed by atoms with E-state index in [1.807, 2.05) is 12.1 Å². The normalized spacial score (nSPS) is 11.6. The summed E-state index contributed by atoms with van der Waals surface area (Å²) in [6, 6.07) is 65.7. The van der Waals surface area contributed by atoms with E-state index >= 15 is 0 Å². The molecule has 0 aliphatic heterocycles. The van der Waals surface area contributed by atoms with Crippen LogP contribution in [0.4, 0.5) is 0 Å². The summed E-state index contributed by atoms with van der Waals surface area (Å²) in [7, 11) is 0. The molecular formula is C51H31N3O. The molecule has 0 bridgehead atoms. The smallest absolute Gasteiger partial charge is 0.164 e. The van der Waals surface area contributed by atoms with Crippen molar-refractivity contribution in [3.05, 3.63) is 188 Å². The predicted octanol–water partition coefficient (Wildman–Crippen LogP) is 13.6. The summed E-state index contributed by atoms with van der Waals surface area (Å²) in [5.41, 5.74) is 8.83. The van der Waals surface area contributed by atoms with Crippen LogP contribution in [0.2, 0.25) is 0 Å². The molecule has 0 N–H and O–H groups in total. The summed E-state index contributed by atoms with van der Waals surface area (Å²) in [6.45, 7) is 0. The summed E-state index contributed by atoms with van der Waals surface area (Å²) < 4.78 is 6.72. The molecule has 4 heteroatoms. The van der Waals surface area contributed by atoms with Crippen LogP contribution in [-0.2, 0) is 0 Å². The fraction of sp³-hybridized carbons (Fsp3) is 0. The average Bonchev–Trinajstić information content (AvgIpc) is 3.62. The molecule has 0 unspecified atom stereocenters. The number of furan rings is 1. The number of rotatable bonds is 5. The zero-order valence-electron chi connectivity index (χ0n) is 29.6.